The Hall–Kier alpha value is -2.20. The lowest BCUT2D eigenvalue weighted by Gasteiger charge is -2.16. The Morgan fingerprint density at radius 3 is 2.52 bits per heavy atom. The molecule has 1 atom stereocenters. The predicted octanol–water partition coefficient (Wildman–Crippen LogP) is 4.79. The molecular weight excluding hydrogens is 312 g/mol. The van der Waals surface area contributed by atoms with Crippen molar-refractivity contribution in [3.05, 3.63) is 58.6 Å². The van der Waals surface area contributed by atoms with Crippen LogP contribution in [-0.2, 0) is 6.42 Å². The number of carbonyl (C=O) groups excluding carboxylic acids is 1. The zero-order valence-corrected chi connectivity index (χ0v) is 14.3. The summed E-state index contributed by atoms with van der Waals surface area (Å²) in [5.41, 5.74) is 2.86. The number of methoxy groups -OCH3 is 1. The van der Waals surface area contributed by atoms with E-state index in [2.05, 4.69) is 29.7 Å². The van der Waals surface area contributed by atoms with Crippen molar-refractivity contribution in [1.82, 2.24) is 5.32 Å². The fourth-order valence-electron chi connectivity index (χ4n) is 2.26. The van der Waals surface area contributed by atoms with Crippen LogP contribution < -0.4 is 15.4 Å². The number of hydrogen-bond acceptors (Lipinski definition) is 2. The van der Waals surface area contributed by atoms with Gasteiger partial charge in [0.2, 0.25) is 0 Å². The number of benzene rings is 2. The number of rotatable bonds is 5. The van der Waals surface area contributed by atoms with Gasteiger partial charge in [0, 0.05) is 5.02 Å². The minimum Gasteiger partial charge on any atom is -0.495 e. The summed E-state index contributed by atoms with van der Waals surface area (Å²) >= 11 is 5.96. The van der Waals surface area contributed by atoms with E-state index in [1.165, 1.54) is 5.56 Å². The monoisotopic (exact) mass is 332 g/mol. The molecule has 1 unspecified atom stereocenters. The highest BCUT2D eigenvalue weighted by Gasteiger charge is 2.12. The maximum Gasteiger partial charge on any atom is 0.319 e. The molecule has 5 heteroatoms. The number of hydrogen-bond donors (Lipinski definition) is 2. The van der Waals surface area contributed by atoms with E-state index in [0.29, 0.717) is 16.5 Å². The van der Waals surface area contributed by atoms with Gasteiger partial charge in [0.05, 0.1) is 18.8 Å². The second-order valence-corrected chi connectivity index (χ2v) is 5.70. The molecule has 0 saturated carbocycles. The first-order valence-corrected chi connectivity index (χ1v) is 7.91. The van der Waals surface area contributed by atoms with Crippen molar-refractivity contribution in [2.45, 2.75) is 26.3 Å². The third-order valence-corrected chi connectivity index (χ3v) is 3.88. The first-order valence-electron chi connectivity index (χ1n) is 7.53. The van der Waals surface area contributed by atoms with Gasteiger partial charge >= 0.3 is 6.03 Å². The maximum atomic E-state index is 12.2. The zero-order chi connectivity index (χ0) is 16.8. The lowest BCUT2D eigenvalue weighted by atomic mass is 10.1. The van der Waals surface area contributed by atoms with Gasteiger partial charge in [-0.05, 0) is 42.7 Å². The Morgan fingerprint density at radius 2 is 1.91 bits per heavy atom. The topological polar surface area (TPSA) is 50.4 Å². The van der Waals surface area contributed by atoms with Crippen molar-refractivity contribution in [2.75, 3.05) is 12.4 Å². The van der Waals surface area contributed by atoms with Gasteiger partial charge < -0.3 is 15.4 Å². The lowest BCUT2D eigenvalue weighted by Crippen LogP contribution is -2.31. The summed E-state index contributed by atoms with van der Waals surface area (Å²) in [6.45, 7) is 4.05. The molecule has 0 heterocycles. The number of aryl methyl sites for hydroxylation is 1. The molecule has 2 amide bonds. The molecule has 0 bridgehead atoms. The molecule has 0 aromatic heterocycles. The summed E-state index contributed by atoms with van der Waals surface area (Å²) in [4.78, 5) is 12.2. The zero-order valence-electron chi connectivity index (χ0n) is 13.5. The molecule has 2 aromatic rings. The van der Waals surface area contributed by atoms with Crippen molar-refractivity contribution < 1.29 is 9.53 Å². The molecule has 2 N–H and O–H groups in total. The number of carbonyl (C=O) groups is 1. The van der Waals surface area contributed by atoms with Crippen LogP contribution in [0, 0.1) is 0 Å². The highest BCUT2D eigenvalue weighted by atomic mass is 35.5. The highest BCUT2D eigenvalue weighted by molar-refractivity contribution is 6.31. The van der Waals surface area contributed by atoms with Crippen LogP contribution in [0.1, 0.15) is 31.0 Å². The van der Waals surface area contributed by atoms with E-state index in [0.717, 1.165) is 12.0 Å². The molecule has 23 heavy (non-hydrogen) atoms. The highest BCUT2D eigenvalue weighted by Crippen LogP contribution is 2.27. The van der Waals surface area contributed by atoms with Gasteiger partial charge in [-0.25, -0.2) is 4.79 Å². The maximum absolute atomic E-state index is 12.2. The second-order valence-electron chi connectivity index (χ2n) is 5.26. The van der Waals surface area contributed by atoms with E-state index >= 15 is 0 Å². The molecule has 122 valence electrons. The van der Waals surface area contributed by atoms with Crippen LogP contribution in [0.3, 0.4) is 0 Å². The van der Waals surface area contributed by atoms with E-state index in [9.17, 15) is 4.79 Å². The summed E-state index contributed by atoms with van der Waals surface area (Å²) in [7, 11) is 1.55. The quantitative estimate of drug-likeness (QED) is 0.826. The Labute approximate surface area is 141 Å². The van der Waals surface area contributed by atoms with Crippen molar-refractivity contribution in [1.29, 1.82) is 0 Å². The van der Waals surface area contributed by atoms with E-state index < -0.39 is 0 Å². The van der Waals surface area contributed by atoms with Crippen LogP contribution in [-0.4, -0.2) is 13.1 Å². The minimum atomic E-state index is -0.308. The molecule has 4 nitrogen and oxygen atoms in total. The van der Waals surface area contributed by atoms with Crippen LogP contribution in [0.2, 0.25) is 5.02 Å². The first kappa shape index (κ1) is 17.2. The van der Waals surface area contributed by atoms with Crippen LogP contribution in [0.5, 0.6) is 5.75 Å². The van der Waals surface area contributed by atoms with Gasteiger partial charge in [0.1, 0.15) is 5.75 Å². The Balaban J connectivity index is 2.02. The molecule has 0 aliphatic carbocycles. The molecule has 0 saturated heterocycles. The van der Waals surface area contributed by atoms with Crippen LogP contribution >= 0.6 is 11.6 Å². The number of halogens is 1. The Morgan fingerprint density at radius 1 is 1.22 bits per heavy atom. The fourth-order valence-corrected chi connectivity index (χ4v) is 2.43. The van der Waals surface area contributed by atoms with Gasteiger partial charge in [0.15, 0.2) is 0 Å². The third kappa shape index (κ3) is 4.63. The standard InChI is InChI=1S/C18H21ClN2O2/c1-4-13-5-7-14(8-6-13)12(2)20-18(22)21-16-11-15(19)9-10-17(16)23-3/h5-12H,4H2,1-3H3,(H2,20,21,22). The number of nitrogens with one attached hydrogen (secondary N) is 2. The van der Waals surface area contributed by atoms with Crippen molar-refractivity contribution in [3.63, 3.8) is 0 Å². The smallest absolute Gasteiger partial charge is 0.319 e. The van der Waals surface area contributed by atoms with Crippen LogP contribution in [0.25, 0.3) is 0 Å². The molecule has 0 spiro atoms. The predicted molar refractivity (Wildman–Crippen MR) is 94.4 cm³/mol. The van der Waals surface area contributed by atoms with Gasteiger partial charge in [-0.2, -0.15) is 0 Å². The van der Waals surface area contributed by atoms with Crippen molar-refractivity contribution >= 4 is 23.3 Å². The summed E-state index contributed by atoms with van der Waals surface area (Å²) in [6.07, 6.45) is 0.997. The van der Waals surface area contributed by atoms with Gasteiger partial charge in [-0.1, -0.05) is 42.8 Å². The molecule has 0 radical (unpaired) electrons. The molecule has 0 fully saturated rings. The molecule has 0 aliphatic heterocycles. The lowest BCUT2D eigenvalue weighted by molar-refractivity contribution is 0.249. The van der Waals surface area contributed by atoms with Crippen LogP contribution in [0.4, 0.5) is 10.5 Å². The third-order valence-electron chi connectivity index (χ3n) is 3.65. The molecule has 0 aliphatic rings. The number of ether oxygens (including phenoxy) is 1. The number of urea groups is 1. The number of anilines is 1. The summed E-state index contributed by atoms with van der Waals surface area (Å²) in [5, 5.41) is 6.20. The minimum absolute atomic E-state index is 0.105. The van der Waals surface area contributed by atoms with Crippen molar-refractivity contribution in [2.24, 2.45) is 0 Å². The fraction of sp³-hybridized carbons (Fsp3) is 0.278. The largest absolute Gasteiger partial charge is 0.495 e. The summed E-state index contributed by atoms with van der Waals surface area (Å²) in [6, 6.07) is 12.9. The van der Waals surface area contributed by atoms with E-state index in [1.54, 1.807) is 25.3 Å². The van der Waals surface area contributed by atoms with Crippen LogP contribution in [0.15, 0.2) is 42.5 Å². The molecule has 2 aromatic carbocycles. The van der Waals surface area contributed by atoms with Gasteiger partial charge in [-0.3, -0.25) is 0 Å². The summed E-state index contributed by atoms with van der Waals surface area (Å²) in [5.74, 6) is 0.560. The van der Waals surface area contributed by atoms with E-state index in [1.807, 2.05) is 19.1 Å². The molecular formula is C18H21ClN2O2. The summed E-state index contributed by atoms with van der Waals surface area (Å²) < 4.78 is 5.22. The Bertz CT molecular complexity index is 671. The SMILES string of the molecule is CCc1ccc(C(C)NC(=O)Nc2cc(Cl)ccc2OC)cc1. The average Bonchev–Trinajstić information content (AvgIpc) is 2.55. The van der Waals surface area contributed by atoms with Crippen molar-refractivity contribution in [3.8, 4) is 5.75 Å². The Kier molecular flexibility index (Phi) is 5.88. The molecule has 2 rings (SSSR count). The number of amides is 2. The normalized spacial score (nSPS) is 11.7. The van der Waals surface area contributed by atoms with E-state index in [4.69, 9.17) is 16.3 Å². The van der Waals surface area contributed by atoms with E-state index in [-0.39, 0.29) is 12.1 Å². The second kappa shape index (κ2) is 7.88. The van der Waals surface area contributed by atoms with Gasteiger partial charge in [-0.15, -0.1) is 0 Å². The van der Waals surface area contributed by atoms with Gasteiger partial charge in [0.25, 0.3) is 0 Å². The average molecular weight is 333 g/mol. The first-order chi connectivity index (χ1) is 11.0.